The van der Waals surface area contributed by atoms with Crippen LogP contribution in [0.1, 0.15) is 42.0 Å². The molecule has 37 heavy (non-hydrogen) atoms. The molecule has 3 aromatic rings. The highest BCUT2D eigenvalue weighted by Gasteiger charge is 2.47. The summed E-state index contributed by atoms with van der Waals surface area (Å²) in [7, 11) is -3.64. The van der Waals surface area contributed by atoms with Crippen molar-refractivity contribution in [1.82, 2.24) is 10.0 Å². The van der Waals surface area contributed by atoms with Crippen molar-refractivity contribution in [3.8, 4) is 5.75 Å². The maximum absolute atomic E-state index is 12.5. The van der Waals surface area contributed by atoms with Crippen LogP contribution in [0.15, 0.2) is 71.6 Å². The van der Waals surface area contributed by atoms with Crippen LogP contribution in [-0.2, 0) is 21.9 Å². The third kappa shape index (κ3) is 6.19. The first kappa shape index (κ1) is 29.6. The number of sulfonamides is 1. The van der Waals surface area contributed by atoms with Crippen LogP contribution in [0.5, 0.6) is 5.75 Å². The molecule has 1 fully saturated rings. The number of ether oxygens (including phenoxy) is 1. The van der Waals surface area contributed by atoms with Gasteiger partial charge in [-0.05, 0) is 85.0 Å². The third-order valence-corrected chi connectivity index (χ3v) is 8.93. The summed E-state index contributed by atoms with van der Waals surface area (Å²) >= 11 is 6.16. The van der Waals surface area contributed by atoms with Gasteiger partial charge < -0.3 is 15.8 Å². The highest BCUT2D eigenvalue weighted by molar-refractivity contribution is 7.89. The van der Waals surface area contributed by atoms with Gasteiger partial charge in [-0.2, -0.15) is 0 Å². The van der Waals surface area contributed by atoms with E-state index in [1.165, 1.54) is 35.2 Å². The molecule has 0 aromatic heterocycles. The van der Waals surface area contributed by atoms with Gasteiger partial charge in [0, 0.05) is 28.7 Å². The Morgan fingerprint density at radius 1 is 1.05 bits per heavy atom. The molecule has 1 heterocycles. The largest absolute Gasteiger partial charge is 0.492 e. The molecule has 0 amide bonds. The van der Waals surface area contributed by atoms with Gasteiger partial charge in [-0.3, -0.25) is 0 Å². The van der Waals surface area contributed by atoms with E-state index in [0.717, 1.165) is 36.6 Å². The molecular weight excluding hydrogens is 553 g/mol. The number of halogens is 3. The number of benzene rings is 3. The predicted octanol–water partition coefficient (Wildman–Crippen LogP) is 5.43. The smallest absolute Gasteiger partial charge is 0.240 e. The number of nitrogens with two attached hydrogens (primary N) is 1. The van der Waals surface area contributed by atoms with Crippen molar-refractivity contribution in [1.29, 1.82) is 0 Å². The van der Waals surface area contributed by atoms with Gasteiger partial charge in [0.05, 0.1) is 4.90 Å². The topological polar surface area (TPSA) is 93.5 Å². The fraction of sp³-hybridized carbons (Fsp3) is 0.333. The lowest BCUT2D eigenvalue weighted by molar-refractivity contribution is 0.164. The average molecular weight is 585 g/mol. The maximum atomic E-state index is 12.5. The Hall–Kier alpha value is -2.00. The summed E-state index contributed by atoms with van der Waals surface area (Å²) in [4.78, 5) is 0.146. The lowest BCUT2D eigenvalue weighted by Gasteiger charge is -2.50. The Morgan fingerprint density at radius 3 is 2.49 bits per heavy atom. The molecule has 1 aliphatic heterocycles. The van der Waals surface area contributed by atoms with E-state index in [0.29, 0.717) is 5.69 Å². The van der Waals surface area contributed by atoms with Gasteiger partial charge in [-0.1, -0.05) is 42.3 Å². The molecule has 200 valence electrons. The summed E-state index contributed by atoms with van der Waals surface area (Å²) in [5.41, 5.74) is 10.1. The van der Waals surface area contributed by atoms with E-state index in [4.69, 9.17) is 22.1 Å². The Balaban J connectivity index is 0.00000190. The van der Waals surface area contributed by atoms with Crippen molar-refractivity contribution in [2.45, 2.75) is 42.0 Å². The van der Waals surface area contributed by atoms with Gasteiger partial charge in [-0.25, -0.2) is 13.1 Å². The van der Waals surface area contributed by atoms with E-state index in [-0.39, 0.29) is 54.3 Å². The maximum Gasteiger partial charge on any atom is 0.240 e. The number of nitrogens with one attached hydrogen (secondary N) is 2. The first-order valence-corrected chi connectivity index (χ1v) is 13.8. The van der Waals surface area contributed by atoms with Crippen molar-refractivity contribution in [3.05, 3.63) is 88.4 Å². The summed E-state index contributed by atoms with van der Waals surface area (Å²) in [6, 6.07) is 20.9. The van der Waals surface area contributed by atoms with Gasteiger partial charge in [0.1, 0.15) is 12.4 Å². The SMILES string of the molecule is Cl.Cl.Nc1cccc(S(=O)(=O)NCCOc2ccc3c(c2)C(C2(c4ccc(Cl)cc4)CCC2)NCC3)c1. The zero-order valence-electron chi connectivity index (χ0n) is 20.3. The van der Waals surface area contributed by atoms with Crippen molar-refractivity contribution in [2.75, 3.05) is 25.4 Å². The van der Waals surface area contributed by atoms with E-state index in [1.54, 1.807) is 12.1 Å². The normalized spacial score (nSPS) is 17.9. The molecule has 5 rings (SSSR count). The molecule has 1 atom stereocenters. The van der Waals surface area contributed by atoms with E-state index in [9.17, 15) is 8.42 Å². The summed E-state index contributed by atoms with van der Waals surface area (Å²) in [6.07, 6.45) is 4.44. The van der Waals surface area contributed by atoms with Crippen molar-refractivity contribution in [3.63, 3.8) is 0 Å². The van der Waals surface area contributed by atoms with E-state index >= 15 is 0 Å². The van der Waals surface area contributed by atoms with Gasteiger partial charge >= 0.3 is 0 Å². The summed E-state index contributed by atoms with van der Waals surface area (Å²) in [5.74, 6) is 0.742. The lowest BCUT2D eigenvalue weighted by atomic mass is 9.58. The standard InChI is InChI=1S/C27H30ClN3O3S.2ClH/c28-21-8-6-20(7-9-21)27(12-2-13-27)26-25-18-23(10-5-19(25)11-14-30-26)34-16-15-31-35(32,33)24-4-1-3-22(29)17-24;;/h1,3-10,17-18,26,30-31H,2,11-16,29H2;2*1H. The van der Waals surface area contributed by atoms with Crippen LogP contribution in [0.2, 0.25) is 5.02 Å². The molecule has 0 spiro atoms. The van der Waals surface area contributed by atoms with Gasteiger partial charge in [0.25, 0.3) is 0 Å². The number of rotatable bonds is 8. The van der Waals surface area contributed by atoms with Crippen LogP contribution in [0.4, 0.5) is 5.69 Å². The molecule has 2 aliphatic rings. The van der Waals surface area contributed by atoms with E-state index in [2.05, 4.69) is 34.3 Å². The quantitative estimate of drug-likeness (QED) is 0.242. The van der Waals surface area contributed by atoms with Gasteiger partial charge in [0.15, 0.2) is 0 Å². The minimum atomic E-state index is -3.64. The molecule has 1 unspecified atom stereocenters. The summed E-state index contributed by atoms with van der Waals surface area (Å²) in [6.45, 7) is 1.32. The van der Waals surface area contributed by atoms with E-state index in [1.807, 2.05) is 18.2 Å². The first-order chi connectivity index (χ1) is 16.9. The van der Waals surface area contributed by atoms with Crippen LogP contribution < -0.4 is 20.5 Å². The molecule has 0 radical (unpaired) electrons. The molecule has 0 saturated heterocycles. The third-order valence-electron chi connectivity index (χ3n) is 7.22. The molecular formula is C27H32Cl3N3O3S. The minimum absolute atomic E-state index is 0. The van der Waals surface area contributed by atoms with E-state index < -0.39 is 10.0 Å². The average Bonchev–Trinajstić information content (AvgIpc) is 2.82. The molecule has 6 nitrogen and oxygen atoms in total. The van der Waals surface area contributed by atoms with Crippen LogP contribution >= 0.6 is 36.4 Å². The zero-order valence-corrected chi connectivity index (χ0v) is 23.5. The fourth-order valence-electron chi connectivity index (χ4n) is 5.31. The van der Waals surface area contributed by atoms with Crippen molar-refractivity contribution in [2.24, 2.45) is 0 Å². The molecule has 10 heteroatoms. The second-order valence-electron chi connectivity index (χ2n) is 9.33. The predicted molar refractivity (Wildman–Crippen MR) is 154 cm³/mol. The first-order valence-electron chi connectivity index (χ1n) is 12.0. The second-order valence-corrected chi connectivity index (χ2v) is 11.5. The highest BCUT2D eigenvalue weighted by Crippen LogP contribution is 2.53. The number of nitrogen functional groups attached to an aromatic ring is 1. The Labute approximate surface area is 236 Å². The van der Waals surface area contributed by atoms with Crippen molar-refractivity contribution < 1.29 is 13.2 Å². The summed E-state index contributed by atoms with van der Waals surface area (Å²) in [5, 5.41) is 4.53. The van der Waals surface area contributed by atoms with Gasteiger partial charge in [-0.15, -0.1) is 24.8 Å². The lowest BCUT2D eigenvalue weighted by Crippen LogP contribution is -2.49. The fourth-order valence-corrected chi connectivity index (χ4v) is 6.50. The molecule has 3 aromatic carbocycles. The molecule has 4 N–H and O–H groups in total. The Morgan fingerprint density at radius 2 is 1.81 bits per heavy atom. The molecule has 0 bridgehead atoms. The van der Waals surface area contributed by atoms with Crippen LogP contribution in [0.25, 0.3) is 0 Å². The van der Waals surface area contributed by atoms with Crippen molar-refractivity contribution >= 4 is 52.1 Å². The molecule has 1 saturated carbocycles. The molecule has 1 aliphatic carbocycles. The Kier molecular flexibility index (Phi) is 9.78. The van der Waals surface area contributed by atoms with Crippen LogP contribution in [0.3, 0.4) is 0 Å². The number of hydrogen-bond acceptors (Lipinski definition) is 5. The van der Waals surface area contributed by atoms with Gasteiger partial charge in [0.2, 0.25) is 10.0 Å². The minimum Gasteiger partial charge on any atom is -0.492 e. The number of anilines is 1. The Bertz CT molecular complexity index is 1320. The van der Waals surface area contributed by atoms with Crippen LogP contribution in [-0.4, -0.2) is 28.1 Å². The number of hydrogen-bond donors (Lipinski definition) is 3. The highest BCUT2D eigenvalue weighted by atomic mass is 35.5. The monoisotopic (exact) mass is 583 g/mol. The summed E-state index contributed by atoms with van der Waals surface area (Å²) < 4.78 is 33.5. The second kappa shape index (κ2) is 12.2. The zero-order chi connectivity index (χ0) is 24.5. The van der Waals surface area contributed by atoms with Crippen LogP contribution in [0, 0.1) is 0 Å². The number of fused-ring (bicyclic) bond motifs is 1.